The van der Waals surface area contributed by atoms with Crippen LogP contribution in [-0.2, 0) is 4.74 Å². The van der Waals surface area contributed by atoms with Crippen LogP contribution in [0.2, 0.25) is 0 Å². The van der Waals surface area contributed by atoms with E-state index in [4.69, 9.17) is 4.74 Å². The molecule has 0 saturated carbocycles. The topological polar surface area (TPSA) is 21.3 Å². The normalized spacial score (nSPS) is 41.7. The molecular weight excluding hydrogens is 126 g/mol. The van der Waals surface area contributed by atoms with Crippen LogP contribution in [0, 0.1) is 0 Å². The molecule has 1 saturated heterocycles. The van der Waals surface area contributed by atoms with Gasteiger partial charge in [-0.25, -0.2) is 0 Å². The van der Waals surface area contributed by atoms with Gasteiger partial charge in [-0.1, -0.05) is 0 Å². The van der Waals surface area contributed by atoms with E-state index in [2.05, 4.69) is 19.2 Å². The van der Waals surface area contributed by atoms with Crippen LogP contribution in [0.25, 0.3) is 0 Å². The molecule has 0 aromatic rings. The highest BCUT2D eigenvalue weighted by Crippen LogP contribution is 2.18. The summed E-state index contributed by atoms with van der Waals surface area (Å²) in [5.41, 5.74) is 0. The zero-order valence-corrected chi connectivity index (χ0v) is 7.05. The molecule has 1 rings (SSSR count). The minimum atomic E-state index is 0.383. The van der Waals surface area contributed by atoms with E-state index < -0.39 is 0 Å². The largest absolute Gasteiger partial charge is 0.374 e. The van der Waals surface area contributed by atoms with E-state index >= 15 is 0 Å². The van der Waals surface area contributed by atoms with E-state index in [1.807, 2.05) is 7.05 Å². The smallest absolute Gasteiger partial charge is 0.0703 e. The molecule has 0 aromatic heterocycles. The first-order valence-corrected chi connectivity index (χ1v) is 4.06. The molecule has 1 N–H and O–H groups in total. The Morgan fingerprint density at radius 3 is 2.50 bits per heavy atom. The molecule has 3 unspecified atom stereocenters. The van der Waals surface area contributed by atoms with Gasteiger partial charge in [-0.3, -0.25) is 0 Å². The molecular formula is C8H17NO. The molecule has 2 heteroatoms. The monoisotopic (exact) mass is 143 g/mol. The number of rotatable bonds is 1. The van der Waals surface area contributed by atoms with Gasteiger partial charge in [-0.15, -0.1) is 0 Å². The highest BCUT2D eigenvalue weighted by Gasteiger charge is 2.23. The van der Waals surface area contributed by atoms with Crippen molar-refractivity contribution < 1.29 is 4.74 Å². The van der Waals surface area contributed by atoms with Crippen molar-refractivity contribution in [2.75, 3.05) is 7.05 Å². The Labute approximate surface area is 63.0 Å². The number of nitrogens with one attached hydrogen (secondary N) is 1. The second-order valence-corrected chi connectivity index (χ2v) is 3.12. The van der Waals surface area contributed by atoms with Crippen LogP contribution >= 0.6 is 0 Å². The van der Waals surface area contributed by atoms with E-state index in [1.165, 1.54) is 12.8 Å². The van der Waals surface area contributed by atoms with Crippen molar-refractivity contribution in [3.8, 4) is 0 Å². The van der Waals surface area contributed by atoms with Crippen molar-refractivity contribution in [3.63, 3.8) is 0 Å². The molecule has 10 heavy (non-hydrogen) atoms. The second kappa shape index (κ2) is 3.35. The fraction of sp³-hybridized carbons (Fsp3) is 1.00. The highest BCUT2D eigenvalue weighted by atomic mass is 16.5. The van der Waals surface area contributed by atoms with Crippen LogP contribution < -0.4 is 5.32 Å². The molecule has 1 heterocycles. The molecule has 1 aliphatic heterocycles. The Bertz CT molecular complexity index is 105. The van der Waals surface area contributed by atoms with Gasteiger partial charge >= 0.3 is 0 Å². The lowest BCUT2D eigenvalue weighted by Gasteiger charge is -2.32. The first-order chi connectivity index (χ1) is 4.74. The fourth-order valence-corrected chi connectivity index (χ4v) is 1.56. The molecule has 3 atom stereocenters. The summed E-state index contributed by atoms with van der Waals surface area (Å²) >= 11 is 0. The van der Waals surface area contributed by atoms with Crippen LogP contribution in [0.3, 0.4) is 0 Å². The van der Waals surface area contributed by atoms with Crippen LogP contribution in [-0.4, -0.2) is 25.3 Å². The second-order valence-electron chi connectivity index (χ2n) is 3.12. The predicted molar refractivity (Wildman–Crippen MR) is 42.1 cm³/mol. The van der Waals surface area contributed by atoms with E-state index in [-0.39, 0.29) is 0 Å². The Balaban J connectivity index is 2.36. The summed E-state index contributed by atoms with van der Waals surface area (Å²) in [7, 11) is 2.00. The number of hydrogen-bond donors (Lipinski definition) is 1. The summed E-state index contributed by atoms with van der Waals surface area (Å²) in [6.07, 6.45) is 3.28. The summed E-state index contributed by atoms with van der Waals surface area (Å²) in [6, 6.07) is 0.566. The molecule has 2 nitrogen and oxygen atoms in total. The van der Waals surface area contributed by atoms with Gasteiger partial charge in [-0.05, 0) is 33.7 Å². The summed E-state index contributed by atoms with van der Waals surface area (Å²) in [5.74, 6) is 0. The molecule has 0 amide bonds. The Morgan fingerprint density at radius 2 is 2.00 bits per heavy atom. The van der Waals surface area contributed by atoms with Crippen LogP contribution in [0.4, 0.5) is 0 Å². The van der Waals surface area contributed by atoms with Crippen molar-refractivity contribution in [1.29, 1.82) is 0 Å². The fourth-order valence-electron chi connectivity index (χ4n) is 1.56. The van der Waals surface area contributed by atoms with Gasteiger partial charge in [0, 0.05) is 6.04 Å². The summed E-state index contributed by atoms with van der Waals surface area (Å²) in [6.45, 7) is 4.28. The van der Waals surface area contributed by atoms with Gasteiger partial charge in [0.2, 0.25) is 0 Å². The minimum absolute atomic E-state index is 0.383. The first-order valence-electron chi connectivity index (χ1n) is 4.06. The van der Waals surface area contributed by atoms with E-state index in [1.54, 1.807) is 0 Å². The Kier molecular flexibility index (Phi) is 2.69. The van der Waals surface area contributed by atoms with Gasteiger partial charge in [0.1, 0.15) is 0 Å². The van der Waals surface area contributed by atoms with Crippen molar-refractivity contribution in [1.82, 2.24) is 5.32 Å². The highest BCUT2D eigenvalue weighted by molar-refractivity contribution is 4.78. The van der Waals surface area contributed by atoms with Crippen LogP contribution in [0.1, 0.15) is 26.7 Å². The van der Waals surface area contributed by atoms with Crippen molar-refractivity contribution in [2.45, 2.75) is 44.9 Å². The molecule has 0 spiro atoms. The summed E-state index contributed by atoms with van der Waals surface area (Å²) < 4.78 is 5.63. The van der Waals surface area contributed by atoms with Gasteiger partial charge in [0.25, 0.3) is 0 Å². The third-order valence-corrected chi connectivity index (χ3v) is 2.27. The van der Waals surface area contributed by atoms with E-state index in [9.17, 15) is 0 Å². The number of ether oxygens (including phenoxy) is 1. The molecule has 60 valence electrons. The molecule has 1 fully saturated rings. The SMILES string of the molecule is CNC1CCC(C)OC1C. The van der Waals surface area contributed by atoms with Crippen molar-refractivity contribution in [2.24, 2.45) is 0 Å². The Morgan fingerprint density at radius 1 is 1.30 bits per heavy atom. The van der Waals surface area contributed by atoms with Gasteiger partial charge in [-0.2, -0.15) is 0 Å². The zero-order chi connectivity index (χ0) is 7.56. The molecule has 0 aliphatic carbocycles. The first kappa shape index (κ1) is 8.02. The maximum Gasteiger partial charge on any atom is 0.0703 e. The summed E-state index contributed by atoms with van der Waals surface area (Å²) in [4.78, 5) is 0. The lowest BCUT2D eigenvalue weighted by atomic mass is 10.0. The maximum atomic E-state index is 5.63. The van der Waals surface area contributed by atoms with Crippen molar-refractivity contribution in [3.05, 3.63) is 0 Å². The average Bonchev–Trinajstić information content (AvgIpc) is 1.88. The molecule has 0 bridgehead atoms. The van der Waals surface area contributed by atoms with E-state index in [0.717, 1.165) is 0 Å². The molecule has 0 radical (unpaired) electrons. The van der Waals surface area contributed by atoms with Gasteiger partial charge in [0.15, 0.2) is 0 Å². The predicted octanol–water partition coefficient (Wildman–Crippen LogP) is 1.16. The lowest BCUT2D eigenvalue weighted by Crippen LogP contribution is -2.43. The van der Waals surface area contributed by atoms with Crippen LogP contribution in [0.15, 0.2) is 0 Å². The Hall–Kier alpha value is -0.0800. The molecule has 0 aromatic carbocycles. The van der Waals surface area contributed by atoms with Crippen LogP contribution in [0.5, 0.6) is 0 Å². The third kappa shape index (κ3) is 1.70. The standard InChI is InChI=1S/C8H17NO/c1-6-4-5-8(9-3)7(2)10-6/h6-9H,4-5H2,1-3H3. The molecule has 1 aliphatic rings. The van der Waals surface area contributed by atoms with Gasteiger partial charge < -0.3 is 10.1 Å². The zero-order valence-electron chi connectivity index (χ0n) is 7.05. The lowest BCUT2D eigenvalue weighted by molar-refractivity contribution is -0.0478. The van der Waals surface area contributed by atoms with E-state index in [0.29, 0.717) is 18.2 Å². The number of hydrogen-bond acceptors (Lipinski definition) is 2. The third-order valence-electron chi connectivity index (χ3n) is 2.27. The minimum Gasteiger partial charge on any atom is -0.374 e. The van der Waals surface area contributed by atoms with Crippen molar-refractivity contribution >= 4 is 0 Å². The average molecular weight is 143 g/mol. The summed E-state index contributed by atoms with van der Waals surface area (Å²) in [5, 5.41) is 3.25. The number of likely N-dealkylation sites (N-methyl/N-ethyl adjacent to an activating group) is 1. The van der Waals surface area contributed by atoms with Gasteiger partial charge in [0.05, 0.1) is 12.2 Å². The quantitative estimate of drug-likeness (QED) is 0.594. The maximum absolute atomic E-state index is 5.63.